The summed E-state index contributed by atoms with van der Waals surface area (Å²) in [5, 5.41) is 3.08. The van der Waals surface area contributed by atoms with Crippen molar-refractivity contribution in [3.8, 4) is 11.3 Å². The van der Waals surface area contributed by atoms with E-state index in [9.17, 15) is 0 Å². The summed E-state index contributed by atoms with van der Waals surface area (Å²) < 4.78 is 0. The minimum Gasteiger partial charge on any atom is -0.325 e. The number of thiazole rings is 1. The third kappa shape index (κ3) is 2.01. The van der Waals surface area contributed by atoms with E-state index in [0.717, 1.165) is 10.7 Å². The molecule has 3 heteroatoms. The van der Waals surface area contributed by atoms with Gasteiger partial charge in [-0.3, -0.25) is 0 Å². The second-order valence-corrected chi connectivity index (χ2v) is 5.05. The van der Waals surface area contributed by atoms with Gasteiger partial charge < -0.3 is 5.73 Å². The summed E-state index contributed by atoms with van der Waals surface area (Å²) in [6, 6.07) is 4.40. The molecule has 1 aromatic heterocycles. The molecule has 0 fully saturated rings. The first-order valence-electron chi connectivity index (χ1n) is 5.34. The van der Waals surface area contributed by atoms with Crippen molar-refractivity contribution in [3.63, 3.8) is 0 Å². The molecule has 0 aliphatic carbocycles. The lowest BCUT2D eigenvalue weighted by Gasteiger charge is -2.08. The van der Waals surface area contributed by atoms with E-state index in [1.54, 1.807) is 11.3 Å². The number of hydrogen-bond donors (Lipinski definition) is 1. The summed E-state index contributed by atoms with van der Waals surface area (Å²) in [5.74, 6) is 0. The fourth-order valence-corrected chi connectivity index (χ4v) is 2.77. The topological polar surface area (TPSA) is 38.9 Å². The van der Waals surface area contributed by atoms with Crippen molar-refractivity contribution in [3.05, 3.63) is 39.2 Å². The van der Waals surface area contributed by atoms with Crippen LogP contribution in [0.2, 0.25) is 0 Å². The Bertz CT molecular complexity index is 491. The highest BCUT2D eigenvalue weighted by Crippen LogP contribution is 2.29. The molecule has 0 amide bonds. The predicted octanol–water partition coefficient (Wildman–Crippen LogP) is 3.19. The molecule has 0 saturated heterocycles. The number of hydrogen-bond acceptors (Lipinski definition) is 3. The molecule has 0 atom stereocenters. The van der Waals surface area contributed by atoms with Crippen molar-refractivity contribution in [1.82, 2.24) is 4.98 Å². The maximum atomic E-state index is 5.59. The fourth-order valence-electron chi connectivity index (χ4n) is 2.10. The first-order valence-corrected chi connectivity index (χ1v) is 6.22. The Balaban J connectivity index is 2.55. The van der Waals surface area contributed by atoms with E-state index in [-0.39, 0.29) is 0 Å². The van der Waals surface area contributed by atoms with Crippen LogP contribution < -0.4 is 5.73 Å². The fraction of sp³-hybridized carbons (Fsp3) is 0.308. The van der Waals surface area contributed by atoms with Gasteiger partial charge in [-0.15, -0.1) is 11.3 Å². The second-order valence-electron chi connectivity index (χ2n) is 4.10. The largest absolute Gasteiger partial charge is 0.325 e. The zero-order chi connectivity index (χ0) is 11.7. The number of benzene rings is 1. The molecular formula is C13H16N2S. The van der Waals surface area contributed by atoms with Crippen LogP contribution in [0.4, 0.5) is 0 Å². The van der Waals surface area contributed by atoms with Crippen LogP contribution in [0, 0.1) is 20.8 Å². The number of aromatic nitrogens is 1. The Hall–Kier alpha value is -1.19. The summed E-state index contributed by atoms with van der Waals surface area (Å²) >= 11 is 1.63. The molecule has 0 aliphatic rings. The predicted molar refractivity (Wildman–Crippen MR) is 69.7 cm³/mol. The van der Waals surface area contributed by atoms with Gasteiger partial charge in [0.25, 0.3) is 0 Å². The van der Waals surface area contributed by atoms with E-state index in [1.165, 1.54) is 22.3 Å². The summed E-state index contributed by atoms with van der Waals surface area (Å²) in [5.41, 5.74) is 11.8. The molecular weight excluding hydrogens is 216 g/mol. The number of nitrogens with zero attached hydrogens (tertiary/aromatic N) is 1. The Kier molecular flexibility index (Phi) is 3.08. The molecule has 2 aromatic rings. The average molecular weight is 232 g/mol. The quantitative estimate of drug-likeness (QED) is 0.863. The molecule has 2 N–H and O–H groups in total. The van der Waals surface area contributed by atoms with Gasteiger partial charge >= 0.3 is 0 Å². The molecule has 2 rings (SSSR count). The maximum absolute atomic E-state index is 5.59. The van der Waals surface area contributed by atoms with E-state index >= 15 is 0 Å². The van der Waals surface area contributed by atoms with Crippen LogP contribution >= 0.6 is 11.3 Å². The smallest absolute Gasteiger partial charge is 0.107 e. The van der Waals surface area contributed by atoms with E-state index in [1.807, 2.05) is 0 Å². The van der Waals surface area contributed by atoms with Crippen LogP contribution in [0.5, 0.6) is 0 Å². The van der Waals surface area contributed by atoms with Gasteiger partial charge in [-0.1, -0.05) is 17.7 Å². The molecule has 0 saturated carbocycles. The maximum Gasteiger partial charge on any atom is 0.107 e. The first kappa shape index (κ1) is 11.3. The zero-order valence-electron chi connectivity index (χ0n) is 9.87. The van der Waals surface area contributed by atoms with Crippen molar-refractivity contribution >= 4 is 11.3 Å². The van der Waals surface area contributed by atoms with Gasteiger partial charge in [0.15, 0.2) is 0 Å². The Labute approximate surface area is 100 Å². The molecule has 0 spiro atoms. The van der Waals surface area contributed by atoms with Crippen molar-refractivity contribution < 1.29 is 0 Å². The standard InChI is InChI=1S/C13H16N2S/c1-8-4-9(2)13(10(3)5-8)11-7-16-12(6-14)15-11/h4-5,7H,6,14H2,1-3H3. The lowest BCUT2D eigenvalue weighted by Crippen LogP contribution is -1.95. The van der Waals surface area contributed by atoms with Gasteiger partial charge in [0.05, 0.1) is 5.69 Å². The third-order valence-corrected chi connectivity index (χ3v) is 3.53. The number of aryl methyl sites for hydroxylation is 3. The SMILES string of the molecule is Cc1cc(C)c(-c2csc(CN)n2)c(C)c1. The van der Waals surface area contributed by atoms with E-state index in [4.69, 9.17) is 5.73 Å². The first-order chi connectivity index (χ1) is 7.61. The van der Waals surface area contributed by atoms with Crippen molar-refractivity contribution in [2.75, 3.05) is 0 Å². The highest BCUT2D eigenvalue weighted by Gasteiger charge is 2.09. The Morgan fingerprint density at radius 2 is 1.81 bits per heavy atom. The molecule has 16 heavy (non-hydrogen) atoms. The molecule has 84 valence electrons. The Morgan fingerprint density at radius 1 is 1.19 bits per heavy atom. The third-order valence-electron chi connectivity index (χ3n) is 2.66. The molecule has 1 aromatic carbocycles. The van der Waals surface area contributed by atoms with Gasteiger partial charge in [-0.05, 0) is 31.9 Å². The van der Waals surface area contributed by atoms with Crippen molar-refractivity contribution in [2.24, 2.45) is 5.73 Å². The van der Waals surface area contributed by atoms with Crippen molar-refractivity contribution in [2.45, 2.75) is 27.3 Å². The Morgan fingerprint density at radius 3 is 2.31 bits per heavy atom. The van der Waals surface area contributed by atoms with E-state index < -0.39 is 0 Å². The van der Waals surface area contributed by atoms with Crippen LogP contribution in [0.15, 0.2) is 17.5 Å². The van der Waals surface area contributed by atoms with Crippen LogP contribution in [0.25, 0.3) is 11.3 Å². The molecule has 1 heterocycles. The van der Waals surface area contributed by atoms with Gasteiger partial charge in [0.2, 0.25) is 0 Å². The normalized spacial score (nSPS) is 10.8. The lowest BCUT2D eigenvalue weighted by molar-refractivity contribution is 1.04. The minimum atomic E-state index is 0.522. The average Bonchev–Trinajstić information content (AvgIpc) is 2.64. The molecule has 0 radical (unpaired) electrons. The van der Waals surface area contributed by atoms with E-state index in [2.05, 4.69) is 43.3 Å². The van der Waals surface area contributed by atoms with Crippen LogP contribution in [-0.4, -0.2) is 4.98 Å². The summed E-state index contributed by atoms with van der Waals surface area (Å²) in [7, 11) is 0. The van der Waals surface area contributed by atoms with E-state index in [0.29, 0.717) is 6.54 Å². The van der Waals surface area contributed by atoms with Gasteiger partial charge in [-0.2, -0.15) is 0 Å². The van der Waals surface area contributed by atoms with Gasteiger partial charge in [0.1, 0.15) is 5.01 Å². The highest BCUT2D eigenvalue weighted by atomic mass is 32.1. The summed E-state index contributed by atoms with van der Waals surface area (Å²) in [4.78, 5) is 4.54. The molecule has 0 unspecified atom stereocenters. The van der Waals surface area contributed by atoms with Crippen LogP contribution in [0.3, 0.4) is 0 Å². The monoisotopic (exact) mass is 232 g/mol. The van der Waals surface area contributed by atoms with Crippen LogP contribution in [0.1, 0.15) is 21.7 Å². The number of rotatable bonds is 2. The molecule has 0 bridgehead atoms. The minimum absolute atomic E-state index is 0.522. The highest BCUT2D eigenvalue weighted by molar-refractivity contribution is 7.09. The summed E-state index contributed by atoms with van der Waals surface area (Å²) in [6.45, 7) is 6.92. The van der Waals surface area contributed by atoms with Crippen molar-refractivity contribution in [1.29, 1.82) is 0 Å². The van der Waals surface area contributed by atoms with Crippen LogP contribution in [-0.2, 0) is 6.54 Å². The lowest BCUT2D eigenvalue weighted by atomic mass is 9.98. The summed E-state index contributed by atoms with van der Waals surface area (Å²) in [6.07, 6.45) is 0. The van der Waals surface area contributed by atoms with Gasteiger partial charge in [0, 0.05) is 17.5 Å². The molecule has 0 aliphatic heterocycles. The number of nitrogens with two attached hydrogens (primary N) is 1. The van der Waals surface area contributed by atoms with Gasteiger partial charge in [-0.25, -0.2) is 4.98 Å². The second kappa shape index (κ2) is 4.36. The molecule has 2 nitrogen and oxygen atoms in total. The zero-order valence-corrected chi connectivity index (χ0v) is 10.7.